The van der Waals surface area contributed by atoms with Crippen LogP contribution in [0.5, 0.6) is 0 Å². The number of rotatable bonds is 7. The summed E-state index contributed by atoms with van der Waals surface area (Å²) in [4.78, 5) is 4.04. The summed E-state index contributed by atoms with van der Waals surface area (Å²) in [5.41, 5.74) is 0. The maximum absolute atomic E-state index is 4.17. The first-order valence-corrected chi connectivity index (χ1v) is 6.74. The van der Waals surface area contributed by atoms with Crippen LogP contribution < -0.4 is 5.32 Å². The zero-order valence-electron chi connectivity index (χ0n) is 11.8. The molecule has 0 aliphatic carbocycles. The molecule has 0 bridgehead atoms. The molecule has 0 aliphatic heterocycles. The van der Waals surface area contributed by atoms with Gasteiger partial charge in [0, 0.05) is 44.0 Å². The number of hydrogen-bond acceptors (Lipinski definition) is 4. The Balaban J connectivity index is 1.75. The molecule has 19 heavy (non-hydrogen) atoms. The van der Waals surface area contributed by atoms with E-state index >= 15 is 0 Å². The molecule has 0 aliphatic rings. The van der Waals surface area contributed by atoms with E-state index in [0.29, 0.717) is 12.1 Å². The fourth-order valence-electron chi connectivity index (χ4n) is 2.08. The Bertz CT molecular complexity index is 473. The van der Waals surface area contributed by atoms with Crippen molar-refractivity contribution < 1.29 is 0 Å². The van der Waals surface area contributed by atoms with Crippen molar-refractivity contribution >= 4 is 0 Å². The Labute approximate surface area is 113 Å². The maximum atomic E-state index is 4.17. The minimum Gasteiger partial charge on any atom is -0.336 e. The van der Waals surface area contributed by atoms with E-state index in [1.54, 1.807) is 12.5 Å². The molecule has 0 amide bonds. The molecule has 0 saturated carbocycles. The summed E-state index contributed by atoms with van der Waals surface area (Å²) in [7, 11) is 0. The van der Waals surface area contributed by atoms with Crippen LogP contribution in [-0.4, -0.2) is 36.9 Å². The second-order valence-corrected chi connectivity index (χ2v) is 5.11. The van der Waals surface area contributed by atoms with Crippen molar-refractivity contribution in [3.05, 3.63) is 30.9 Å². The molecular weight excluding hydrogens is 240 g/mol. The summed E-state index contributed by atoms with van der Waals surface area (Å²) >= 11 is 0. The Hall–Kier alpha value is -1.69. The lowest BCUT2D eigenvalue weighted by Gasteiger charge is -2.15. The number of aromatic nitrogens is 5. The molecule has 0 spiro atoms. The van der Waals surface area contributed by atoms with Gasteiger partial charge in [0.15, 0.2) is 0 Å². The third-order valence-corrected chi connectivity index (χ3v) is 3.09. The summed E-state index contributed by atoms with van der Waals surface area (Å²) < 4.78 is 4.19. The van der Waals surface area contributed by atoms with Crippen molar-refractivity contribution in [3.8, 4) is 0 Å². The summed E-state index contributed by atoms with van der Waals surface area (Å²) in [6, 6.07) is 0.818. The number of nitrogens with one attached hydrogen (secondary N) is 1. The van der Waals surface area contributed by atoms with Gasteiger partial charge in [-0.1, -0.05) is 0 Å². The van der Waals surface area contributed by atoms with E-state index in [1.165, 1.54) is 0 Å². The second kappa shape index (κ2) is 6.47. The van der Waals surface area contributed by atoms with E-state index in [1.807, 2.05) is 12.5 Å². The lowest BCUT2D eigenvalue weighted by atomic mass is 10.3. The molecule has 1 atom stereocenters. The van der Waals surface area contributed by atoms with E-state index in [0.717, 1.165) is 25.3 Å². The van der Waals surface area contributed by atoms with Crippen LogP contribution in [0.2, 0.25) is 0 Å². The Morgan fingerprint density at radius 1 is 1.26 bits per heavy atom. The van der Waals surface area contributed by atoms with Gasteiger partial charge in [0.2, 0.25) is 0 Å². The first-order chi connectivity index (χ1) is 9.16. The average Bonchev–Trinajstić information content (AvgIpc) is 2.99. The van der Waals surface area contributed by atoms with Gasteiger partial charge >= 0.3 is 0 Å². The number of nitrogens with zero attached hydrogens (tertiary/aromatic N) is 5. The van der Waals surface area contributed by atoms with Crippen LogP contribution in [0.15, 0.2) is 25.0 Å². The van der Waals surface area contributed by atoms with Crippen LogP contribution in [-0.2, 0) is 13.0 Å². The zero-order valence-corrected chi connectivity index (χ0v) is 11.8. The molecule has 6 heteroatoms. The molecule has 0 unspecified atom stereocenters. The normalized spacial score (nSPS) is 13.1. The van der Waals surface area contributed by atoms with Crippen LogP contribution >= 0.6 is 0 Å². The Kier molecular flexibility index (Phi) is 4.68. The van der Waals surface area contributed by atoms with Crippen LogP contribution in [0, 0.1) is 0 Å². The molecule has 0 saturated heterocycles. The van der Waals surface area contributed by atoms with Crippen LogP contribution in [0.4, 0.5) is 0 Å². The van der Waals surface area contributed by atoms with Crippen LogP contribution in [0.25, 0.3) is 0 Å². The smallest absolute Gasteiger partial charge is 0.134 e. The van der Waals surface area contributed by atoms with E-state index < -0.39 is 0 Å². The van der Waals surface area contributed by atoms with E-state index in [-0.39, 0.29) is 0 Å². The Morgan fingerprint density at radius 2 is 2.11 bits per heavy atom. The zero-order chi connectivity index (χ0) is 13.7. The van der Waals surface area contributed by atoms with Crippen molar-refractivity contribution in [1.29, 1.82) is 0 Å². The van der Waals surface area contributed by atoms with E-state index in [4.69, 9.17) is 0 Å². The number of imidazole rings is 1. The van der Waals surface area contributed by atoms with Crippen molar-refractivity contribution in [2.75, 3.05) is 6.54 Å². The second-order valence-electron chi connectivity index (χ2n) is 5.11. The molecular formula is C13H22N6. The molecule has 1 N–H and O–H groups in total. The largest absolute Gasteiger partial charge is 0.336 e. The molecule has 104 valence electrons. The first-order valence-electron chi connectivity index (χ1n) is 6.74. The van der Waals surface area contributed by atoms with Gasteiger partial charge in [0.25, 0.3) is 0 Å². The van der Waals surface area contributed by atoms with Crippen molar-refractivity contribution in [3.63, 3.8) is 0 Å². The van der Waals surface area contributed by atoms with Crippen molar-refractivity contribution in [1.82, 2.24) is 29.6 Å². The van der Waals surface area contributed by atoms with Gasteiger partial charge in [-0.05, 0) is 20.8 Å². The summed E-state index contributed by atoms with van der Waals surface area (Å²) in [5, 5.41) is 11.6. The minimum atomic E-state index is 0.407. The summed E-state index contributed by atoms with van der Waals surface area (Å²) in [6.07, 6.45) is 8.32. The maximum Gasteiger partial charge on any atom is 0.134 e. The monoisotopic (exact) mass is 262 g/mol. The topological polar surface area (TPSA) is 60.6 Å². The van der Waals surface area contributed by atoms with Gasteiger partial charge in [0.05, 0.1) is 6.33 Å². The first kappa shape index (κ1) is 13.7. The minimum absolute atomic E-state index is 0.407. The molecule has 6 nitrogen and oxygen atoms in total. The highest BCUT2D eigenvalue weighted by atomic mass is 15.3. The summed E-state index contributed by atoms with van der Waals surface area (Å²) in [5.74, 6) is 1.04. The van der Waals surface area contributed by atoms with Gasteiger partial charge < -0.3 is 14.5 Å². The quantitative estimate of drug-likeness (QED) is 0.816. The van der Waals surface area contributed by atoms with Gasteiger partial charge in [-0.2, -0.15) is 0 Å². The fraction of sp³-hybridized carbons (Fsp3) is 0.615. The van der Waals surface area contributed by atoms with E-state index in [2.05, 4.69) is 50.4 Å². The summed E-state index contributed by atoms with van der Waals surface area (Å²) in [6.45, 7) is 8.29. The molecule has 0 fully saturated rings. The molecule has 0 aromatic carbocycles. The molecule has 2 rings (SSSR count). The highest BCUT2D eigenvalue weighted by molar-refractivity contribution is 4.89. The van der Waals surface area contributed by atoms with Crippen LogP contribution in [0.1, 0.15) is 32.6 Å². The molecule has 2 heterocycles. The highest BCUT2D eigenvalue weighted by Gasteiger charge is 2.08. The van der Waals surface area contributed by atoms with Crippen molar-refractivity contribution in [2.45, 2.75) is 45.8 Å². The van der Waals surface area contributed by atoms with Gasteiger partial charge in [-0.15, -0.1) is 10.2 Å². The fourth-order valence-corrected chi connectivity index (χ4v) is 2.08. The standard InChI is InChI=1S/C13H22N6/c1-11(2)19-10-16-17-13(19)4-5-15-12(3)8-18-7-6-14-9-18/h6-7,9-12,15H,4-5,8H2,1-3H3/t12-/m0/s1. The third kappa shape index (κ3) is 3.89. The van der Waals surface area contributed by atoms with Gasteiger partial charge in [-0.25, -0.2) is 4.98 Å². The lowest BCUT2D eigenvalue weighted by molar-refractivity contribution is 0.470. The average molecular weight is 262 g/mol. The SMILES string of the molecule is CC(C)n1cnnc1CCN[C@@H](C)Cn1ccnc1. The Morgan fingerprint density at radius 3 is 2.79 bits per heavy atom. The predicted molar refractivity (Wildman–Crippen MR) is 73.8 cm³/mol. The predicted octanol–water partition coefficient (Wildman–Crippen LogP) is 1.28. The highest BCUT2D eigenvalue weighted by Crippen LogP contribution is 2.06. The molecule has 0 radical (unpaired) electrons. The van der Waals surface area contributed by atoms with Crippen molar-refractivity contribution in [2.24, 2.45) is 0 Å². The number of hydrogen-bond donors (Lipinski definition) is 1. The molecule has 2 aromatic heterocycles. The molecule has 2 aromatic rings. The van der Waals surface area contributed by atoms with Gasteiger partial charge in [-0.3, -0.25) is 0 Å². The van der Waals surface area contributed by atoms with E-state index in [9.17, 15) is 0 Å². The van der Waals surface area contributed by atoms with Gasteiger partial charge in [0.1, 0.15) is 12.2 Å². The lowest BCUT2D eigenvalue weighted by Crippen LogP contribution is -2.32. The third-order valence-electron chi connectivity index (χ3n) is 3.09. The van der Waals surface area contributed by atoms with Crippen LogP contribution in [0.3, 0.4) is 0 Å².